The molecule has 1 aromatic carbocycles. The summed E-state index contributed by atoms with van der Waals surface area (Å²) in [5, 5.41) is 8.08. The van der Waals surface area contributed by atoms with E-state index in [0.717, 1.165) is 0 Å². The van der Waals surface area contributed by atoms with Crippen molar-refractivity contribution in [1.82, 2.24) is 0 Å². The first kappa shape index (κ1) is 17.4. The minimum absolute atomic E-state index is 0.184. The highest BCUT2D eigenvalue weighted by Gasteiger charge is 2.22. The zero-order valence-corrected chi connectivity index (χ0v) is 12.6. The average molecular weight is 321 g/mol. The molecular weight excluding hydrogens is 306 g/mol. The lowest BCUT2D eigenvalue weighted by atomic mass is 10.1. The summed E-state index contributed by atoms with van der Waals surface area (Å²) in [6, 6.07) is 0.550. The molecule has 0 radical (unpaired) electrons. The van der Waals surface area contributed by atoms with Crippen molar-refractivity contribution in [1.29, 1.82) is 0 Å². The van der Waals surface area contributed by atoms with Crippen molar-refractivity contribution in [2.45, 2.75) is 39.2 Å². The number of benzene rings is 1. The minimum atomic E-state index is -1.62. The number of rotatable bonds is 4. The molecule has 0 unspecified atom stereocenters. The van der Waals surface area contributed by atoms with Gasteiger partial charge < -0.3 is 9.84 Å². The fraction of sp³-hybridized carbons (Fsp3) is 0.429. The molecule has 1 N–H and O–H groups in total. The largest absolute Gasteiger partial charge is 0.478 e. The number of esters is 1. The lowest BCUT2D eigenvalue weighted by Crippen LogP contribution is -2.24. The van der Waals surface area contributed by atoms with Crippen LogP contribution < -0.4 is 0 Å². The smallest absolute Gasteiger partial charge is 0.338 e. The summed E-state index contributed by atoms with van der Waals surface area (Å²) < 4.78 is 32.5. The third kappa shape index (κ3) is 4.67. The summed E-state index contributed by atoms with van der Waals surface area (Å²) in [5.41, 5.74) is -1.78. The molecule has 0 aliphatic carbocycles. The summed E-state index contributed by atoms with van der Waals surface area (Å²) in [7, 11) is 0. The molecule has 0 heterocycles. The van der Waals surface area contributed by atoms with Crippen LogP contribution in [0.4, 0.5) is 8.78 Å². The van der Waals surface area contributed by atoms with Crippen LogP contribution in [0.1, 0.15) is 43.1 Å². The molecule has 0 spiro atoms. The zero-order chi connectivity index (χ0) is 16.4. The van der Waals surface area contributed by atoms with E-state index in [1.54, 1.807) is 20.8 Å². The van der Waals surface area contributed by atoms with Crippen LogP contribution in [-0.4, -0.2) is 22.6 Å². The van der Waals surface area contributed by atoms with Gasteiger partial charge >= 0.3 is 11.9 Å². The number of aromatic carboxylic acids is 1. The molecule has 21 heavy (non-hydrogen) atoms. The Morgan fingerprint density at radius 2 is 1.90 bits per heavy atom. The van der Waals surface area contributed by atoms with Crippen LogP contribution in [0, 0.1) is 11.6 Å². The third-order valence-electron chi connectivity index (χ3n) is 2.48. The van der Waals surface area contributed by atoms with Crippen molar-refractivity contribution >= 4 is 23.5 Å². The Labute approximate surface area is 125 Å². The Balaban J connectivity index is 2.93. The Morgan fingerprint density at radius 1 is 1.33 bits per heavy atom. The lowest BCUT2D eigenvalue weighted by Gasteiger charge is -2.19. The maximum atomic E-state index is 13.8. The SMILES string of the molecule is CC(C)(C)OC(=O)CCc1c(F)cc(C(=O)O)c(F)c1Cl. The van der Waals surface area contributed by atoms with Crippen molar-refractivity contribution in [2.75, 3.05) is 0 Å². The quantitative estimate of drug-likeness (QED) is 0.680. The minimum Gasteiger partial charge on any atom is -0.478 e. The molecule has 0 amide bonds. The van der Waals surface area contributed by atoms with E-state index in [4.69, 9.17) is 21.4 Å². The number of halogens is 3. The fourth-order valence-corrected chi connectivity index (χ4v) is 1.92. The molecule has 0 bridgehead atoms. The van der Waals surface area contributed by atoms with Gasteiger partial charge in [0.2, 0.25) is 0 Å². The molecule has 0 aliphatic heterocycles. The molecule has 0 aromatic heterocycles. The predicted molar refractivity (Wildman–Crippen MR) is 72.5 cm³/mol. The van der Waals surface area contributed by atoms with E-state index in [1.165, 1.54) is 0 Å². The maximum Gasteiger partial charge on any atom is 0.338 e. The van der Waals surface area contributed by atoms with Gasteiger partial charge in [0.05, 0.1) is 10.6 Å². The van der Waals surface area contributed by atoms with E-state index >= 15 is 0 Å². The van der Waals surface area contributed by atoms with E-state index in [1.807, 2.05) is 0 Å². The van der Waals surface area contributed by atoms with Crippen LogP contribution in [0.25, 0.3) is 0 Å². The van der Waals surface area contributed by atoms with Gasteiger partial charge in [0.15, 0.2) is 5.82 Å². The van der Waals surface area contributed by atoms with Crippen LogP contribution in [0.3, 0.4) is 0 Å². The number of ether oxygens (including phenoxy) is 1. The highest BCUT2D eigenvalue weighted by atomic mass is 35.5. The standard InChI is InChI=1S/C14H15ClF2O4/c1-14(2,3)21-10(18)5-4-7-9(16)6-8(13(19)20)12(17)11(7)15/h6H,4-5H2,1-3H3,(H,19,20). The van der Waals surface area contributed by atoms with Crippen molar-refractivity contribution in [3.05, 3.63) is 33.9 Å². The highest BCUT2D eigenvalue weighted by molar-refractivity contribution is 6.31. The normalized spacial score (nSPS) is 11.3. The summed E-state index contributed by atoms with van der Waals surface area (Å²) in [5.74, 6) is -4.39. The van der Waals surface area contributed by atoms with Gasteiger partial charge in [-0.3, -0.25) is 4.79 Å². The molecule has 1 rings (SSSR count). The molecule has 0 fully saturated rings. The number of hydrogen-bond donors (Lipinski definition) is 1. The molecule has 0 atom stereocenters. The second kappa shape index (κ2) is 6.39. The van der Waals surface area contributed by atoms with E-state index in [-0.39, 0.29) is 18.4 Å². The van der Waals surface area contributed by atoms with Crippen molar-refractivity contribution in [3.63, 3.8) is 0 Å². The summed E-state index contributed by atoms with van der Waals surface area (Å²) in [6.07, 6.45) is -0.379. The van der Waals surface area contributed by atoms with Crippen molar-refractivity contribution in [3.8, 4) is 0 Å². The molecule has 0 saturated heterocycles. The Morgan fingerprint density at radius 3 is 2.38 bits per heavy atom. The summed E-state index contributed by atoms with van der Waals surface area (Å²) in [6.45, 7) is 5.04. The summed E-state index contributed by atoms with van der Waals surface area (Å²) in [4.78, 5) is 22.3. The number of carbonyl (C=O) groups is 2. The second-order valence-corrected chi connectivity index (χ2v) is 5.78. The van der Waals surface area contributed by atoms with Crippen LogP contribution >= 0.6 is 11.6 Å². The maximum absolute atomic E-state index is 13.8. The van der Waals surface area contributed by atoms with E-state index in [0.29, 0.717) is 6.07 Å². The van der Waals surface area contributed by atoms with Crippen LogP contribution in [0.5, 0.6) is 0 Å². The van der Waals surface area contributed by atoms with Gasteiger partial charge in [0.1, 0.15) is 11.4 Å². The fourth-order valence-electron chi connectivity index (χ4n) is 1.64. The number of hydrogen-bond acceptors (Lipinski definition) is 3. The molecular formula is C14H15ClF2O4. The van der Waals surface area contributed by atoms with Crippen molar-refractivity contribution < 1.29 is 28.2 Å². The number of carbonyl (C=O) groups excluding carboxylic acids is 1. The van der Waals surface area contributed by atoms with Crippen LogP contribution in [0.15, 0.2) is 6.07 Å². The van der Waals surface area contributed by atoms with Crippen molar-refractivity contribution in [2.24, 2.45) is 0 Å². The molecule has 7 heteroatoms. The monoisotopic (exact) mass is 320 g/mol. The van der Waals surface area contributed by atoms with E-state index in [9.17, 15) is 18.4 Å². The van der Waals surface area contributed by atoms with Gasteiger partial charge in [-0.2, -0.15) is 0 Å². The first-order valence-electron chi connectivity index (χ1n) is 6.14. The molecule has 1 aromatic rings. The topological polar surface area (TPSA) is 63.6 Å². The van der Waals surface area contributed by atoms with Gasteiger partial charge in [-0.05, 0) is 33.3 Å². The van der Waals surface area contributed by atoms with Gasteiger partial charge in [0.25, 0.3) is 0 Å². The van der Waals surface area contributed by atoms with E-state index in [2.05, 4.69) is 0 Å². The molecule has 0 saturated carbocycles. The number of carboxylic acids is 1. The zero-order valence-electron chi connectivity index (χ0n) is 11.8. The number of carboxylic acid groups (broad SMARTS) is 1. The lowest BCUT2D eigenvalue weighted by molar-refractivity contribution is -0.154. The highest BCUT2D eigenvalue weighted by Crippen LogP contribution is 2.27. The Hall–Kier alpha value is -1.69. The second-order valence-electron chi connectivity index (χ2n) is 5.40. The van der Waals surface area contributed by atoms with Gasteiger partial charge in [0, 0.05) is 12.0 Å². The average Bonchev–Trinajstić information content (AvgIpc) is 2.31. The molecule has 116 valence electrons. The van der Waals surface area contributed by atoms with Crippen LogP contribution in [0.2, 0.25) is 5.02 Å². The molecule has 4 nitrogen and oxygen atoms in total. The summed E-state index contributed by atoms with van der Waals surface area (Å²) >= 11 is 5.63. The predicted octanol–water partition coefficient (Wildman–Crippen LogP) is 3.59. The Kier molecular flexibility index (Phi) is 5.28. The van der Waals surface area contributed by atoms with E-state index < -0.39 is 39.8 Å². The van der Waals surface area contributed by atoms with Crippen LogP contribution in [-0.2, 0) is 16.0 Å². The first-order chi connectivity index (χ1) is 9.53. The third-order valence-corrected chi connectivity index (χ3v) is 2.88. The first-order valence-corrected chi connectivity index (χ1v) is 6.52. The Bertz CT molecular complexity index is 579. The molecule has 0 aliphatic rings. The van der Waals surface area contributed by atoms with Gasteiger partial charge in [-0.1, -0.05) is 11.6 Å². The van der Waals surface area contributed by atoms with Gasteiger partial charge in [-0.15, -0.1) is 0 Å². The van der Waals surface area contributed by atoms with Gasteiger partial charge in [-0.25, -0.2) is 13.6 Å².